The highest BCUT2D eigenvalue weighted by molar-refractivity contribution is 9.13. The molecule has 0 bridgehead atoms. The Labute approximate surface area is 132 Å². The number of aliphatic carboxylic acids is 2. The zero-order valence-corrected chi connectivity index (χ0v) is 13.6. The third-order valence-corrected chi connectivity index (χ3v) is 4.91. The van der Waals surface area contributed by atoms with Crippen LogP contribution < -0.4 is 0 Å². The lowest BCUT2D eigenvalue weighted by atomic mass is 9.94. The van der Waals surface area contributed by atoms with E-state index in [1.807, 2.05) is 0 Å². The SMILES string of the molecule is O=C(O)CCCC(Cc1ccc(Br)c(Br)c1O)C(=O)O. The molecular weight excluding hydrogens is 396 g/mol. The minimum absolute atomic E-state index is 0.00357. The van der Waals surface area contributed by atoms with Crippen LogP contribution in [0, 0.1) is 5.92 Å². The topological polar surface area (TPSA) is 94.8 Å². The van der Waals surface area contributed by atoms with Gasteiger partial charge >= 0.3 is 11.9 Å². The summed E-state index contributed by atoms with van der Waals surface area (Å²) in [6, 6.07) is 3.37. The van der Waals surface area contributed by atoms with Gasteiger partial charge in [-0.25, -0.2) is 0 Å². The molecule has 3 N–H and O–H groups in total. The Morgan fingerprint density at radius 3 is 2.40 bits per heavy atom. The van der Waals surface area contributed by atoms with Gasteiger partial charge in [0.15, 0.2) is 0 Å². The lowest BCUT2D eigenvalue weighted by Crippen LogP contribution is -2.17. The first-order valence-corrected chi connectivity index (χ1v) is 7.52. The van der Waals surface area contributed by atoms with Gasteiger partial charge in [0, 0.05) is 10.9 Å². The van der Waals surface area contributed by atoms with Crippen molar-refractivity contribution in [2.24, 2.45) is 5.92 Å². The molecule has 0 amide bonds. The molecule has 0 fully saturated rings. The summed E-state index contributed by atoms with van der Waals surface area (Å²) in [6.07, 6.45) is 0.659. The highest BCUT2D eigenvalue weighted by Crippen LogP contribution is 2.36. The highest BCUT2D eigenvalue weighted by Gasteiger charge is 2.21. The van der Waals surface area contributed by atoms with E-state index in [4.69, 9.17) is 10.2 Å². The summed E-state index contributed by atoms with van der Waals surface area (Å²) in [6.45, 7) is 0. The van der Waals surface area contributed by atoms with Crippen molar-refractivity contribution >= 4 is 43.8 Å². The Morgan fingerprint density at radius 2 is 1.85 bits per heavy atom. The summed E-state index contributed by atoms with van der Waals surface area (Å²) in [7, 11) is 0. The second-order valence-electron chi connectivity index (χ2n) is 4.39. The van der Waals surface area contributed by atoms with E-state index in [9.17, 15) is 14.7 Å². The Bertz CT molecular complexity index is 516. The Morgan fingerprint density at radius 1 is 1.20 bits per heavy atom. The van der Waals surface area contributed by atoms with Gasteiger partial charge in [0.05, 0.1) is 10.4 Å². The average Bonchev–Trinajstić information content (AvgIpc) is 2.37. The van der Waals surface area contributed by atoms with Gasteiger partial charge < -0.3 is 15.3 Å². The molecule has 20 heavy (non-hydrogen) atoms. The van der Waals surface area contributed by atoms with Crippen LogP contribution in [0.1, 0.15) is 24.8 Å². The maximum Gasteiger partial charge on any atom is 0.306 e. The van der Waals surface area contributed by atoms with Crippen LogP contribution >= 0.6 is 31.9 Å². The predicted molar refractivity (Wildman–Crippen MR) is 79.8 cm³/mol. The second-order valence-corrected chi connectivity index (χ2v) is 6.04. The normalized spacial score (nSPS) is 12.1. The Hall–Kier alpha value is -1.08. The molecule has 1 atom stereocenters. The van der Waals surface area contributed by atoms with Crippen LogP contribution in [0.3, 0.4) is 0 Å². The molecule has 1 rings (SSSR count). The standard InChI is InChI=1S/C13H14Br2O5/c14-9-5-4-7(12(18)11(9)15)6-8(13(19)20)2-1-3-10(16)17/h4-5,8,18H,1-3,6H2,(H,16,17)(H,19,20). The molecule has 110 valence electrons. The maximum absolute atomic E-state index is 11.2. The first kappa shape index (κ1) is 17.0. The van der Waals surface area contributed by atoms with Gasteiger partial charge in [-0.2, -0.15) is 0 Å². The molecular formula is C13H14Br2O5. The summed E-state index contributed by atoms with van der Waals surface area (Å²) in [4.78, 5) is 21.6. The fourth-order valence-electron chi connectivity index (χ4n) is 1.82. The van der Waals surface area contributed by atoms with Crippen LogP contribution in [0.15, 0.2) is 21.1 Å². The molecule has 0 aliphatic heterocycles. The molecule has 1 aromatic rings. The zero-order valence-electron chi connectivity index (χ0n) is 10.5. The molecule has 0 aliphatic carbocycles. The van der Waals surface area contributed by atoms with Crippen LogP contribution in [-0.4, -0.2) is 27.3 Å². The number of phenolic OH excluding ortho intramolecular Hbond substituents is 1. The molecule has 0 aromatic heterocycles. The van der Waals surface area contributed by atoms with Crippen LogP contribution in [0.4, 0.5) is 0 Å². The van der Waals surface area contributed by atoms with Gasteiger partial charge in [0.1, 0.15) is 5.75 Å². The molecule has 7 heteroatoms. The molecule has 0 radical (unpaired) electrons. The number of halogens is 2. The smallest absolute Gasteiger partial charge is 0.306 e. The number of carboxylic acid groups (broad SMARTS) is 2. The van der Waals surface area contributed by atoms with Crippen molar-refractivity contribution in [2.75, 3.05) is 0 Å². The first-order valence-electron chi connectivity index (χ1n) is 5.93. The number of carbonyl (C=O) groups is 2. The van der Waals surface area contributed by atoms with Crippen LogP contribution in [-0.2, 0) is 16.0 Å². The number of aromatic hydroxyl groups is 1. The second kappa shape index (κ2) is 7.64. The number of hydrogen-bond acceptors (Lipinski definition) is 3. The molecule has 1 aromatic carbocycles. The van der Waals surface area contributed by atoms with E-state index in [0.29, 0.717) is 20.9 Å². The van der Waals surface area contributed by atoms with E-state index in [0.717, 1.165) is 0 Å². The van der Waals surface area contributed by atoms with Crippen LogP contribution in [0.5, 0.6) is 5.75 Å². The number of benzene rings is 1. The minimum atomic E-state index is -0.992. The number of hydrogen-bond donors (Lipinski definition) is 3. The van der Waals surface area contributed by atoms with E-state index in [-0.39, 0.29) is 25.0 Å². The third-order valence-electron chi connectivity index (χ3n) is 2.91. The lowest BCUT2D eigenvalue weighted by Gasteiger charge is -2.14. The molecule has 5 nitrogen and oxygen atoms in total. The number of phenols is 1. The van der Waals surface area contributed by atoms with Crippen molar-refractivity contribution in [2.45, 2.75) is 25.7 Å². The fraction of sp³-hybridized carbons (Fsp3) is 0.385. The summed E-state index contributed by atoms with van der Waals surface area (Å²) in [5.41, 5.74) is 0.516. The maximum atomic E-state index is 11.2. The van der Waals surface area contributed by atoms with Crippen molar-refractivity contribution in [1.29, 1.82) is 0 Å². The highest BCUT2D eigenvalue weighted by atomic mass is 79.9. The van der Waals surface area contributed by atoms with Crippen molar-refractivity contribution in [3.63, 3.8) is 0 Å². The molecule has 1 unspecified atom stereocenters. The van der Waals surface area contributed by atoms with Gasteiger partial charge in [-0.05, 0) is 62.8 Å². The van der Waals surface area contributed by atoms with E-state index in [1.165, 1.54) is 0 Å². The van der Waals surface area contributed by atoms with Crippen molar-refractivity contribution in [3.05, 3.63) is 26.6 Å². The summed E-state index contributed by atoms with van der Waals surface area (Å²) in [5, 5.41) is 27.7. The lowest BCUT2D eigenvalue weighted by molar-refractivity contribution is -0.143. The van der Waals surface area contributed by atoms with E-state index in [1.54, 1.807) is 12.1 Å². The average molecular weight is 410 g/mol. The Balaban J connectivity index is 2.78. The largest absolute Gasteiger partial charge is 0.506 e. The fourth-order valence-corrected chi connectivity index (χ4v) is 2.53. The summed E-state index contributed by atoms with van der Waals surface area (Å²) < 4.78 is 1.15. The van der Waals surface area contributed by atoms with E-state index < -0.39 is 17.9 Å². The Kier molecular flexibility index (Phi) is 6.48. The van der Waals surface area contributed by atoms with E-state index >= 15 is 0 Å². The first-order chi connectivity index (χ1) is 9.32. The predicted octanol–water partition coefficient (Wildman–Crippen LogP) is 3.42. The van der Waals surface area contributed by atoms with Gasteiger partial charge in [-0.1, -0.05) is 6.07 Å². The zero-order chi connectivity index (χ0) is 15.3. The molecule has 0 saturated carbocycles. The third kappa shape index (κ3) is 4.79. The van der Waals surface area contributed by atoms with Gasteiger partial charge in [0.25, 0.3) is 0 Å². The molecule has 0 heterocycles. The number of rotatable bonds is 7. The van der Waals surface area contributed by atoms with Crippen molar-refractivity contribution in [3.8, 4) is 5.75 Å². The van der Waals surface area contributed by atoms with Gasteiger partial charge in [-0.3, -0.25) is 9.59 Å². The van der Waals surface area contributed by atoms with Crippen LogP contribution in [0.25, 0.3) is 0 Å². The minimum Gasteiger partial charge on any atom is -0.506 e. The number of carboxylic acids is 2. The van der Waals surface area contributed by atoms with E-state index in [2.05, 4.69) is 31.9 Å². The van der Waals surface area contributed by atoms with Crippen molar-refractivity contribution < 1.29 is 24.9 Å². The molecule has 0 aliphatic rings. The summed E-state index contributed by atoms with van der Waals surface area (Å²) in [5.74, 6) is -2.64. The van der Waals surface area contributed by atoms with Crippen LogP contribution in [0.2, 0.25) is 0 Å². The van der Waals surface area contributed by atoms with Crippen molar-refractivity contribution in [1.82, 2.24) is 0 Å². The monoisotopic (exact) mass is 408 g/mol. The van der Waals surface area contributed by atoms with Gasteiger partial charge in [0.2, 0.25) is 0 Å². The molecule has 0 spiro atoms. The molecule has 0 saturated heterocycles. The van der Waals surface area contributed by atoms with Gasteiger partial charge in [-0.15, -0.1) is 0 Å². The quantitative estimate of drug-likeness (QED) is 0.641. The summed E-state index contributed by atoms with van der Waals surface area (Å²) >= 11 is 6.45.